The third kappa shape index (κ3) is 5.67. The lowest BCUT2D eigenvalue weighted by Gasteiger charge is -2.10. The molecule has 0 aliphatic carbocycles. The minimum Gasteiger partial charge on any atom is -0.352 e. The molecule has 2 heterocycles. The highest BCUT2D eigenvalue weighted by Gasteiger charge is 2.17. The number of nitrogens with zero attached hydrogens (tertiary/aromatic N) is 1. The number of carbonyl (C=O) groups is 1. The van der Waals surface area contributed by atoms with Gasteiger partial charge in [0, 0.05) is 31.4 Å². The smallest absolute Gasteiger partial charge is 0.221 e. The molecule has 1 unspecified atom stereocenters. The van der Waals surface area contributed by atoms with Gasteiger partial charge < -0.3 is 10.6 Å². The van der Waals surface area contributed by atoms with Crippen molar-refractivity contribution in [1.29, 1.82) is 0 Å². The zero-order valence-corrected chi connectivity index (χ0v) is 11.7. The monoisotopic (exact) mass is 291 g/mol. The van der Waals surface area contributed by atoms with Crippen molar-refractivity contribution in [2.24, 2.45) is 0 Å². The second kappa shape index (κ2) is 9.14. The fourth-order valence-corrected chi connectivity index (χ4v) is 1.93. The van der Waals surface area contributed by atoms with E-state index in [-0.39, 0.29) is 30.7 Å². The third-order valence-electron chi connectivity index (χ3n) is 2.81. The molecule has 0 aromatic carbocycles. The van der Waals surface area contributed by atoms with Gasteiger partial charge in [0.05, 0.1) is 0 Å². The summed E-state index contributed by atoms with van der Waals surface area (Å²) in [6, 6.07) is 4.20. The number of hydrogen-bond donors (Lipinski definition) is 2. The lowest BCUT2D eigenvalue weighted by atomic mass is 10.1. The van der Waals surface area contributed by atoms with Crippen LogP contribution in [0.25, 0.3) is 0 Å². The molecule has 0 radical (unpaired) electrons. The molecule has 2 rings (SSSR count). The Balaban J connectivity index is 0.00000144. The van der Waals surface area contributed by atoms with E-state index in [0.29, 0.717) is 19.0 Å². The standard InChI is InChI=1S/C12H17N3O.2ClH/c16-12(7-11-4-2-6-14-11)15-9-10-3-1-5-13-8-10;;/h1,3,5,8,11,14H,2,4,6-7,9H2,(H,15,16);2*1H. The molecule has 1 saturated heterocycles. The van der Waals surface area contributed by atoms with Crippen LogP contribution in [0.15, 0.2) is 24.5 Å². The van der Waals surface area contributed by atoms with Crippen molar-refractivity contribution in [3.05, 3.63) is 30.1 Å². The van der Waals surface area contributed by atoms with Crippen molar-refractivity contribution in [2.45, 2.75) is 31.8 Å². The van der Waals surface area contributed by atoms with Crippen LogP contribution in [0.3, 0.4) is 0 Å². The van der Waals surface area contributed by atoms with Crippen LogP contribution < -0.4 is 10.6 Å². The van der Waals surface area contributed by atoms with Crippen molar-refractivity contribution in [3.63, 3.8) is 0 Å². The lowest BCUT2D eigenvalue weighted by Crippen LogP contribution is -2.31. The van der Waals surface area contributed by atoms with Gasteiger partial charge in [0.2, 0.25) is 5.91 Å². The Bertz CT molecular complexity index is 342. The number of aromatic nitrogens is 1. The minimum absolute atomic E-state index is 0. The minimum atomic E-state index is 0. The highest BCUT2D eigenvalue weighted by Crippen LogP contribution is 2.08. The summed E-state index contributed by atoms with van der Waals surface area (Å²) >= 11 is 0. The summed E-state index contributed by atoms with van der Waals surface area (Å²) in [5, 5.41) is 6.22. The summed E-state index contributed by atoms with van der Waals surface area (Å²) in [6.45, 7) is 1.61. The topological polar surface area (TPSA) is 54.0 Å². The van der Waals surface area contributed by atoms with Gasteiger partial charge in [-0.15, -0.1) is 24.8 Å². The van der Waals surface area contributed by atoms with Crippen LogP contribution in [-0.2, 0) is 11.3 Å². The van der Waals surface area contributed by atoms with E-state index in [9.17, 15) is 4.79 Å². The molecule has 1 atom stereocenters. The van der Waals surface area contributed by atoms with Crippen molar-refractivity contribution in [1.82, 2.24) is 15.6 Å². The average Bonchev–Trinajstić information content (AvgIpc) is 2.81. The van der Waals surface area contributed by atoms with E-state index in [0.717, 1.165) is 18.5 Å². The van der Waals surface area contributed by atoms with Crippen LogP contribution in [0.2, 0.25) is 0 Å². The quantitative estimate of drug-likeness (QED) is 0.888. The first-order chi connectivity index (χ1) is 7.84. The van der Waals surface area contributed by atoms with Gasteiger partial charge in [-0.1, -0.05) is 6.07 Å². The zero-order chi connectivity index (χ0) is 11.2. The molecule has 1 aromatic heterocycles. The molecule has 0 saturated carbocycles. The molecule has 0 bridgehead atoms. The fraction of sp³-hybridized carbons (Fsp3) is 0.500. The first-order valence-electron chi connectivity index (χ1n) is 5.73. The van der Waals surface area contributed by atoms with Crippen molar-refractivity contribution < 1.29 is 4.79 Å². The maximum atomic E-state index is 11.6. The number of pyridine rings is 1. The Morgan fingerprint density at radius 2 is 2.33 bits per heavy atom. The average molecular weight is 292 g/mol. The molecule has 1 aliphatic heterocycles. The van der Waals surface area contributed by atoms with Gasteiger partial charge in [0.1, 0.15) is 0 Å². The summed E-state index contributed by atoms with van der Waals surface area (Å²) in [5.41, 5.74) is 1.04. The van der Waals surface area contributed by atoms with Gasteiger partial charge >= 0.3 is 0 Å². The summed E-state index contributed by atoms with van der Waals surface area (Å²) in [4.78, 5) is 15.6. The summed E-state index contributed by atoms with van der Waals surface area (Å²) in [5.74, 6) is 0.114. The van der Waals surface area contributed by atoms with Crippen LogP contribution in [0.1, 0.15) is 24.8 Å². The van der Waals surface area contributed by atoms with Crippen LogP contribution in [-0.4, -0.2) is 23.5 Å². The maximum absolute atomic E-state index is 11.6. The van der Waals surface area contributed by atoms with Gasteiger partial charge in [-0.2, -0.15) is 0 Å². The first kappa shape index (κ1) is 17.2. The van der Waals surface area contributed by atoms with Crippen molar-refractivity contribution in [3.8, 4) is 0 Å². The molecular weight excluding hydrogens is 273 g/mol. The molecule has 1 aliphatic rings. The summed E-state index contributed by atoms with van der Waals surface area (Å²) in [6.07, 6.45) is 6.38. The number of nitrogens with one attached hydrogen (secondary N) is 2. The van der Waals surface area contributed by atoms with E-state index in [1.165, 1.54) is 6.42 Å². The molecule has 102 valence electrons. The predicted molar refractivity (Wildman–Crippen MR) is 76.2 cm³/mol. The van der Waals surface area contributed by atoms with Crippen molar-refractivity contribution in [2.75, 3.05) is 6.54 Å². The van der Waals surface area contributed by atoms with Crippen LogP contribution >= 0.6 is 24.8 Å². The van der Waals surface area contributed by atoms with E-state index >= 15 is 0 Å². The SMILES string of the molecule is Cl.Cl.O=C(CC1CCCN1)NCc1cccnc1. The maximum Gasteiger partial charge on any atom is 0.221 e. The Hall–Kier alpha value is -0.840. The van der Waals surface area contributed by atoms with Gasteiger partial charge in [0.25, 0.3) is 0 Å². The number of amides is 1. The normalized spacial score (nSPS) is 17.4. The van der Waals surface area contributed by atoms with Gasteiger partial charge in [-0.25, -0.2) is 0 Å². The van der Waals surface area contributed by atoms with Crippen LogP contribution in [0, 0.1) is 0 Å². The third-order valence-corrected chi connectivity index (χ3v) is 2.81. The largest absolute Gasteiger partial charge is 0.352 e. The molecule has 1 amide bonds. The molecule has 18 heavy (non-hydrogen) atoms. The van der Waals surface area contributed by atoms with Crippen molar-refractivity contribution >= 4 is 30.7 Å². The zero-order valence-electron chi connectivity index (χ0n) is 10.1. The van der Waals surface area contributed by atoms with E-state index in [2.05, 4.69) is 15.6 Å². The Morgan fingerprint density at radius 3 is 2.94 bits per heavy atom. The number of rotatable bonds is 4. The number of carbonyl (C=O) groups excluding carboxylic acids is 1. The van der Waals surface area contributed by atoms with Gasteiger partial charge in [0.15, 0.2) is 0 Å². The molecule has 1 fully saturated rings. The second-order valence-electron chi connectivity index (χ2n) is 4.14. The molecule has 1 aromatic rings. The summed E-state index contributed by atoms with van der Waals surface area (Å²) < 4.78 is 0. The predicted octanol–water partition coefficient (Wildman–Crippen LogP) is 1.68. The van der Waals surface area contributed by atoms with Gasteiger partial charge in [-0.3, -0.25) is 9.78 Å². The fourth-order valence-electron chi connectivity index (χ4n) is 1.93. The van der Waals surface area contributed by atoms with E-state index in [4.69, 9.17) is 0 Å². The molecule has 0 spiro atoms. The Morgan fingerprint density at radius 1 is 1.50 bits per heavy atom. The number of hydrogen-bond acceptors (Lipinski definition) is 3. The van der Waals surface area contributed by atoms with E-state index in [1.807, 2.05) is 12.1 Å². The summed E-state index contributed by atoms with van der Waals surface area (Å²) in [7, 11) is 0. The van der Waals surface area contributed by atoms with E-state index < -0.39 is 0 Å². The Labute approximate surface area is 120 Å². The molecular formula is C12H19Cl2N3O. The highest BCUT2D eigenvalue weighted by molar-refractivity contribution is 5.85. The van der Waals surface area contributed by atoms with Crippen LogP contribution in [0.4, 0.5) is 0 Å². The second-order valence-corrected chi connectivity index (χ2v) is 4.14. The van der Waals surface area contributed by atoms with E-state index in [1.54, 1.807) is 12.4 Å². The van der Waals surface area contributed by atoms with Crippen LogP contribution in [0.5, 0.6) is 0 Å². The van der Waals surface area contributed by atoms with Gasteiger partial charge in [-0.05, 0) is 31.0 Å². The Kier molecular flexibility index (Phi) is 8.71. The lowest BCUT2D eigenvalue weighted by molar-refractivity contribution is -0.121. The number of halogens is 2. The molecule has 6 heteroatoms. The highest BCUT2D eigenvalue weighted by atomic mass is 35.5. The first-order valence-corrected chi connectivity index (χ1v) is 5.73. The molecule has 2 N–H and O–H groups in total. The molecule has 4 nitrogen and oxygen atoms in total.